The zero-order valence-electron chi connectivity index (χ0n) is 16.3. The summed E-state index contributed by atoms with van der Waals surface area (Å²) in [4.78, 5) is 0. The van der Waals surface area contributed by atoms with E-state index in [1.807, 2.05) is 3.59 Å². The third-order valence-electron chi connectivity index (χ3n) is 4.70. The Bertz CT molecular complexity index is 285. The molecule has 1 nitrogen and oxygen atoms in total. The molecule has 0 fully saturated rings. The Hall–Kier alpha value is 0.716. The predicted octanol–water partition coefficient (Wildman–Crippen LogP) is 6.56. The maximum absolute atomic E-state index is 9.68. The topological polar surface area (TPSA) is 20.2 Å². The SMILES string of the molecule is CCC[CH2][Sn]([CH2]CCC)([CH2]CCC)/[C](=C/[Si](C)(C)C)CCO. The van der Waals surface area contributed by atoms with Crippen molar-refractivity contribution < 1.29 is 5.11 Å². The van der Waals surface area contributed by atoms with Crippen LogP contribution >= 0.6 is 0 Å². The zero-order valence-corrected chi connectivity index (χ0v) is 20.2. The molecule has 0 amide bonds. The van der Waals surface area contributed by atoms with Crippen LogP contribution in [0.3, 0.4) is 0 Å². The Morgan fingerprint density at radius 2 is 1.27 bits per heavy atom. The van der Waals surface area contributed by atoms with Gasteiger partial charge in [0, 0.05) is 0 Å². The summed E-state index contributed by atoms with van der Waals surface area (Å²) in [5.41, 5.74) is 2.71. The Balaban J connectivity index is 5.60. The van der Waals surface area contributed by atoms with Crippen molar-refractivity contribution in [3.63, 3.8) is 0 Å². The van der Waals surface area contributed by atoms with Crippen LogP contribution in [0.15, 0.2) is 9.29 Å². The van der Waals surface area contributed by atoms with Crippen LogP contribution < -0.4 is 0 Å². The second kappa shape index (κ2) is 12.1. The second-order valence-electron chi connectivity index (χ2n) is 8.10. The van der Waals surface area contributed by atoms with E-state index in [-0.39, 0.29) is 0 Å². The van der Waals surface area contributed by atoms with Crippen LogP contribution in [0.2, 0.25) is 33.0 Å². The van der Waals surface area contributed by atoms with Crippen molar-refractivity contribution in [3.05, 3.63) is 9.29 Å². The van der Waals surface area contributed by atoms with Crippen molar-refractivity contribution in [2.24, 2.45) is 0 Å². The Kier molecular flexibility index (Phi) is 12.5. The number of hydrogen-bond donors (Lipinski definition) is 1. The fourth-order valence-electron chi connectivity index (χ4n) is 3.54. The van der Waals surface area contributed by atoms with Gasteiger partial charge in [0.2, 0.25) is 0 Å². The van der Waals surface area contributed by atoms with Gasteiger partial charge in [0.05, 0.1) is 0 Å². The van der Waals surface area contributed by atoms with Crippen LogP contribution in [0, 0.1) is 0 Å². The molecule has 0 aliphatic heterocycles. The summed E-state index contributed by atoms with van der Waals surface area (Å²) < 4.78 is 6.40. The quantitative estimate of drug-likeness (QED) is 0.326. The van der Waals surface area contributed by atoms with Crippen LogP contribution in [0.25, 0.3) is 0 Å². The van der Waals surface area contributed by atoms with Crippen LogP contribution in [0.5, 0.6) is 0 Å². The maximum atomic E-state index is 9.68. The Morgan fingerprint density at radius 3 is 1.55 bits per heavy atom. The molecule has 3 heteroatoms. The van der Waals surface area contributed by atoms with Gasteiger partial charge in [-0.3, -0.25) is 0 Å². The Labute approximate surface area is 145 Å². The zero-order chi connectivity index (χ0) is 17.1. The van der Waals surface area contributed by atoms with Gasteiger partial charge in [0.25, 0.3) is 0 Å². The summed E-state index contributed by atoms with van der Waals surface area (Å²) >= 11 is -2.28. The molecule has 1 N–H and O–H groups in total. The molecule has 0 aliphatic carbocycles. The summed E-state index contributed by atoms with van der Waals surface area (Å²) in [6, 6.07) is 0. The van der Waals surface area contributed by atoms with E-state index in [0.717, 1.165) is 6.42 Å². The first kappa shape index (κ1) is 22.7. The van der Waals surface area contributed by atoms with Gasteiger partial charge in [-0.2, -0.15) is 0 Å². The van der Waals surface area contributed by atoms with Gasteiger partial charge >= 0.3 is 146 Å². The van der Waals surface area contributed by atoms with E-state index >= 15 is 0 Å². The van der Waals surface area contributed by atoms with Gasteiger partial charge in [-0.1, -0.05) is 0 Å². The van der Waals surface area contributed by atoms with Gasteiger partial charge in [-0.05, 0) is 0 Å². The van der Waals surface area contributed by atoms with Gasteiger partial charge < -0.3 is 0 Å². The first-order valence-corrected chi connectivity index (χ1v) is 20.7. The van der Waals surface area contributed by atoms with Gasteiger partial charge in [0.15, 0.2) is 0 Å². The summed E-state index contributed by atoms with van der Waals surface area (Å²) in [5.74, 6) is 0. The number of aliphatic hydroxyl groups is 1. The summed E-state index contributed by atoms with van der Waals surface area (Å²) in [7, 11) is -1.21. The van der Waals surface area contributed by atoms with Crippen molar-refractivity contribution in [1.29, 1.82) is 0 Å². The van der Waals surface area contributed by atoms with Gasteiger partial charge in [-0.15, -0.1) is 0 Å². The first-order valence-electron chi connectivity index (χ1n) is 9.68. The van der Waals surface area contributed by atoms with Crippen molar-refractivity contribution in [2.45, 2.75) is 98.7 Å². The molecule has 132 valence electrons. The summed E-state index contributed by atoms with van der Waals surface area (Å²) in [6.07, 6.45) is 9.22. The minimum atomic E-state index is -2.28. The standard InChI is InChI=1S/C7H15OSi.3C4H9.Sn/c1-9(2,3)7-5-4-6-8;3*1-3-4-2;/h7-8H,4,6H2,1-3H3;3*1,3-4H2,2H3;. The van der Waals surface area contributed by atoms with E-state index in [0.29, 0.717) is 6.61 Å². The molecule has 0 aromatic carbocycles. The molecule has 0 unspecified atom stereocenters. The first-order chi connectivity index (χ1) is 10.3. The molecule has 0 atom stereocenters. The average molecular weight is 433 g/mol. The van der Waals surface area contributed by atoms with Crippen LogP contribution in [-0.4, -0.2) is 38.2 Å². The summed E-state index contributed by atoms with van der Waals surface area (Å²) in [5, 5.41) is 9.68. The molecule has 0 saturated heterocycles. The molecule has 0 spiro atoms. The molecular weight excluding hydrogens is 391 g/mol. The molecular formula is C19H42OSiSn. The number of aliphatic hydroxyl groups excluding tert-OH is 1. The monoisotopic (exact) mass is 434 g/mol. The molecule has 0 aromatic heterocycles. The van der Waals surface area contributed by atoms with Crippen molar-refractivity contribution >= 4 is 26.5 Å². The second-order valence-corrected chi connectivity index (χ2v) is 26.5. The van der Waals surface area contributed by atoms with Crippen molar-refractivity contribution in [2.75, 3.05) is 6.61 Å². The molecule has 0 aromatic rings. The van der Waals surface area contributed by atoms with Crippen LogP contribution in [0.4, 0.5) is 0 Å². The van der Waals surface area contributed by atoms with Gasteiger partial charge in [0.1, 0.15) is 0 Å². The van der Waals surface area contributed by atoms with Crippen LogP contribution in [0.1, 0.15) is 65.7 Å². The number of rotatable bonds is 13. The third-order valence-corrected chi connectivity index (χ3v) is 23.0. The average Bonchev–Trinajstić information content (AvgIpc) is 2.45. The molecule has 0 saturated carbocycles. The number of unbranched alkanes of at least 4 members (excludes halogenated alkanes) is 3. The predicted molar refractivity (Wildman–Crippen MR) is 108 cm³/mol. The molecule has 0 radical (unpaired) electrons. The van der Waals surface area contributed by atoms with E-state index in [4.69, 9.17) is 0 Å². The Morgan fingerprint density at radius 1 is 0.864 bits per heavy atom. The van der Waals surface area contributed by atoms with E-state index in [9.17, 15) is 5.11 Å². The molecule has 0 heterocycles. The van der Waals surface area contributed by atoms with Crippen molar-refractivity contribution in [3.8, 4) is 0 Å². The molecule has 0 aliphatic rings. The molecule has 0 rings (SSSR count). The van der Waals surface area contributed by atoms with E-state index in [1.54, 1.807) is 0 Å². The van der Waals surface area contributed by atoms with Gasteiger partial charge in [-0.25, -0.2) is 0 Å². The third kappa shape index (κ3) is 9.12. The van der Waals surface area contributed by atoms with E-state index in [1.165, 1.54) is 51.8 Å². The fraction of sp³-hybridized carbons (Fsp3) is 0.895. The van der Waals surface area contributed by atoms with E-state index in [2.05, 4.69) is 46.1 Å². The number of hydrogen-bond acceptors (Lipinski definition) is 1. The normalized spacial score (nSPS) is 13.7. The fourth-order valence-corrected chi connectivity index (χ4v) is 26.9. The van der Waals surface area contributed by atoms with Crippen LogP contribution in [-0.2, 0) is 0 Å². The molecule has 0 bridgehead atoms. The minimum absolute atomic E-state index is 0.360. The molecule has 22 heavy (non-hydrogen) atoms. The van der Waals surface area contributed by atoms with E-state index < -0.39 is 26.5 Å². The van der Waals surface area contributed by atoms with Crippen molar-refractivity contribution in [1.82, 2.24) is 0 Å². The summed E-state index contributed by atoms with van der Waals surface area (Å²) in [6.45, 7) is 14.7.